The molecule has 9 heteroatoms. The Morgan fingerprint density at radius 2 is 1.54 bits per heavy atom. The fourth-order valence-corrected chi connectivity index (χ4v) is 6.69. The third kappa shape index (κ3) is 7.51. The van der Waals surface area contributed by atoms with Gasteiger partial charge in [-0.05, 0) is 72.1 Å². The summed E-state index contributed by atoms with van der Waals surface area (Å²) < 4.78 is 18.7. The Balaban J connectivity index is 1.03. The van der Waals surface area contributed by atoms with Crippen LogP contribution < -0.4 is 25.4 Å². The molecule has 1 atom stereocenters. The van der Waals surface area contributed by atoms with Crippen LogP contribution in [0.3, 0.4) is 0 Å². The van der Waals surface area contributed by atoms with E-state index in [1.807, 2.05) is 103 Å². The normalized spacial score (nSPS) is 17.2. The molecule has 4 heterocycles. The second-order valence-electron chi connectivity index (χ2n) is 12.7. The molecule has 2 aliphatic heterocycles. The fourth-order valence-electron chi connectivity index (χ4n) is 6.58. The summed E-state index contributed by atoms with van der Waals surface area (Å²) in [5, 5.41) is 4.02. The van der Waals surface area contributed by atoms with Crippen molar-refractivity contribution >= 4 is 34.4 Å². The molecule has 48 heavy (non-hydrogen) atoms. The SMILES string of the molecule is Nc1c(Nc2ccc(OCc3ccccc3)nc2OCc2ccccc2)cccc1N1CCC2(CCC(c3ccc(Cl)nc3)OC2)CC1. The van der Waals surface area contributed by atoms with Gasteiger partial charge in [-0.2, -0.15) is 4.98 Å². The van der Waals surface area contributed by atoms with Gasteiger partial charge in [0.1, 0.15) is 24.1 Å². The van der Waals surface area contributed by atoms with E-state index in [-0.39, 0.29) is 11.5 Å². The lowest BCUT2D eigenvalue weighted by molar-refractivity contribution is -0.0740. The first-order chi connectivity index (χ1) is 23.5. The van der Waals surface area contributed by atoms with Crippen molar-refractivity contribution in [2.24, 2.45) is 5.41 Å². The number of nitrogen functional groups attached to an aromatic ring is 1. The average molecular weight is 662 g/mol. The Morgan fingerprint density at radius 3 is 2.21 bits per heavy atom. The molecule has 3 aromatic carbocycles. The molecule has 0 amide bonds. The molecule has 8 nitrogen and oxygen atoms in total. The summed E-state index contributed by atoms with van der Waals surface area (Å²) in [6.07, 6.45) is 6.15. The van der Waals surface area contributed by atoms with Gasteiger partial charge in [-0.1, -0.05) is 84.4 Å². The smallest absolute Gasteiger partial charge is 0.241 e. The number of ether oxygens (including phenoxy) is 3. The molecular formula is C39H40ClN5O3. The highest BCUT2D eigenvalue weighted by Crippen LogP contribution is 2.46. The zero-order chi connectivity index (χ0) is 32.8. The van der Waals surface area contributed by atoms with Gasteiger partial charge >= 0.3 is 0 Å². The van der Waals surface area contributed by atoms with Crippen molar-refractivity contribution in [3.8, 4) is 11.8 Å². The van der Waals surface area contributed by atoms with Crippen molar-refractivity contribution in [2.45, 2.75) is 45.0 Å². The number of nitrogens with zero attached hydrogens (tertiary/aromatic N) is 3. The van der Waals surface area contributed by atoms with Crippen molar-refractivity contribution in [1.82, 2.24) is 9.97 Å². The minimum absolute atomic E-state index is 0.0809. The number of hydrogen-bond acceptors (Lipinski definition) is 8. The predicted octanol–water partition coefficient (Wildman–Crippen LogP) is 8.75. The summed E-state index contributed by atoms with van der Waals surface area (Å²) in [5.74, 6) is 0.929. The molecular weight excluding hydrogens is 622 g/mol. The summed E-state index contributed by atoms with van der Waals surface area (Å²) in [6.45, 7) is 3.39. The van der Waals surface area contributed by atoms with E-state index in [2.05, 4.69) is 21.3 Å². The Morgan fingerprint density at radius 1 is 0.812 bits per heavy atom. The molecule has 2 aliphatic rings. The number of aromatic nitrogens is 2. The van der Waals surface area contributed by atoms with E-state index in [1.165, 1.54) is 0 Å². The second-order valence-corrected chi connectivity index (χ2v) is 13.0. The lowest BCUT2D eigenvalue weighted by atomic mass is 9.73. The van der Waals surface area contributed by atoms with Gasteiger partial charge < -0.3 is 30.2 Å². The number of benzene rings is 3. The minimum atomic E-state index is 0.0809. The van der Waals surface area contributed by atoms with Crippen LogP contribution in [0.5, 0.6) is 11.8 Å². The molecule has 1 spiro atoms. The number of rotatable bonds is 10. The lowest BCUT2D eigenvalue weighted by Crippen LogP contribution is -2.45. The van der Waals surface area contributed by atoms with E-state index in [1.54, 1.807) is 0 Å². The summed E-state index contributed by atoms with van der Waals surface area (Å²) in [5.41, 5.74) is 13.5. The van der Waals surface area contributed by atoms with Gasteiger partial charge in [0.15, 0.2) is 0 Å². The Kier molecular flexibility index (Phi) is 9.63. The van der Waals surface area contributed by atoms with Gasteiger partial charge in [-0.15, -0.1) is 0 Å². The van der Waals surface area contributed by atoms with Crippen LogP contribution in [-0.2, 0) is 18.0 Å². The number of anilines is 4. The number of nitrogens with one attached hydrogen (secondary N) is 1. The van der Waals surface area contributed by atoms with E-state index in [4.69, 9.17) is 36.5 Å². The van der Waals surface area contributed by atoms with Crippen LogP contribution >= 0.6 is 11.6 Å². The lowest BCUT2D eigenvalue weighted by Gasteiger charge is -2.46. The first-order valence-corrected chi connectivity index (χ1v) is 16.9. The van der Waals surface area contributed by atoms with E-state index < -0.39 is 0 Å². The molecule has 0 radical (unpaired) electrons. The Hall–Kier alpha value is -4.79. The maximum absolute atomic E-state index is 6.85. The van der Waals surface area contributed by atoms with Crippen LogP contribution in [0.15, 0.2) is 109 Å². The van der Waals surface area contributed by atoms with Crippen LogP contribution in [0, 0.1) is 5.41 Å². The van der Waals surface area contributed by atoms with Gasteiger partial charge in [0.25, 0.3) is 0 Å². The van der Waals surface area contributed by atoms with Crippen molar-refractivity contribution < 1.29 is 14.2 Å². The van der Waals surface area contributed by atoms with E-state index in [9.17, 15) is 0 Å². The monoisotopic (exact) mass is 661 g/mol. The molecule has 7 rings (SSSR count). The van der Waals surface area contributed by atoms with E-state index in [0.29, 0.717) is 41.5 Å². The highest BCUT2D eigenvalue weighted by molar-refractivity contribution is 6.29. The van der Waals surface area contributed by atoms with Gasteiger partial charge in [-0.25, -0.2) is 4.98 Å². The Labute approximate surface area is 286 Å². The van der Waals surface area contributed by atoms with Crippen LogP contribution in [-0.4, -0.2) is 29.7 Å². The highest BCUT2D eigenvalue weighted by Gasteiger charge is 2.39. The third-order valence-electron chi connectivity index (χ3n) is 9.45. The number of hydrogen-bond donors (Lipinski definition) is 2. The van der Waals surface area contributed by atoms with Crippen molar-refractivity contribution in [3.05, 3.63) is 131 Å². The molecule has 2 saturated heterocycles. The Bertz CT molecular complexity index is 1790. The largest absolute Gasteiger partial charge is 0.473 e. The van der Waals surface area contributed by atoms with Gasteiger partial charge in [0.2, 0.25) is 11.8 Å². The number of pyridine rings is 2. The first kappa shape index (κ1) is 31.8. The maximum Gasteiger partial charge on any atom is 0.241 e. The topological polar surface area (TPSA) is 94.8 Å². The van der Waals surface area contributed by atoms with Crippen molar-refractivity contribution in [1.29, 1.82) is 0 Å². The number of halogens is 1. The van der Waals surface area contributed by atoms with Crippen molar-refractivity contribution in [2.75, 3.05) is 35.6 Å². The molecule has 3 N–H and O–H groups in total. The second kappa shape index (κ2) is 14.5. The van der Waals surface area contributed by atoms with Gasteiger partial charge in [0.05, 0.1) is 29.8 Å². The van der Waals surface area contributed by atoms with Crippen molar-refractivity contribution in [3.63, 3.8) is 0 Å². The van der Waals surface area contributed by atoms with Crippen LogP contribution in [0.4, 0.5) is 22.7 Å². The van der Waals surface area contributed by atoms with E-state index >= 15 is 0 Å². The summed E-state index contributed by atoms with van der Waals surface area (Å²) in [7, 11) is 0. The van der Waals surface area contributed by atoms with Crippen LogP contribution in [0.2, 0.25) is 5.15 Å². The summed E-state index contributed by atoms with van der Waals surface area (Å²) in [4.78, 5) is 11.4. The minimum Gasteiger partial charge on any atom is -0.473 e. The van der Waals surface area contributed by atoms with Gasteiger partial charge in [0, 0.05) is 25.4 Å². The number of nitrogens with two attached hydrogens (primary N) is 1. The van der Waals surface area contributed by atoms with Crippen LogP contribution in [0.25, 0.3) is 0 Å². The summed E-state index contributed by atoms with van der Waals surface area (Å²) in [6, 6.07) is 33.9. The molecule has 0 bridgehead atoms. The number of para-hydroxylation sites is 1. The molecule has 0 aliphatic carbocycles. The zero-order valence-corrected chi connectivity index (χ0v) is 27.6. The standard InChI is InChI=1S/C39H40ClN5O3/c40-35-16-14-30(24-42-35)34-18-19-39(27-48-34)20-22-45(23-21-39)33-13-7-12-31(37(33)41)43-32-15-17-36(46-25-28-8-3-1-4-9-28)44-38(32)47-26-29-10-5-2-6-11-29/h1-17,24,34,43H,18-23,25-27,41H2. The summed E-state index contributed by atoms with van der Waals surface area (Å²) >= 11 is 5.99. The molecule has 1 unspecified atom stereocenters. The number of piperidine rings is 1. The predicted molar refractivity (Wildman–Crippen MR) is 191 cm³/mol. The maximum atomic E-state index is 6.85. The average Bonchev–Trinajstić information content (AvgIpc) is 3.13. The third-order valence-corrected chi connectivity index (χ3v) is 9.67. The molecule has 246 valence electrons. The molecule has 2 fully saturated rings. The first-order valence-electron chi connectivity index (χ1n) is 16.5. The molecule has 2 aromatic heterocycles. The fraction of sp³-hybridized carbons (Fsp3) is 0.282. The molecule has 0 saturated carbocycles. The highest BCUT2D eigenvalue weighted by atomic mass is 35.5. The van der Waals surface area contributed by atoms with Crippen LogP contribution in [0.1, 0.15) is 48.5 Å². The zero-order valence-electron chi connectivity index (χ0n) is 26.9. The molecule has 5 aromatic rings. The quantitative estimate of drug-likeness (QED) is 0.113. The van der Waals surface area contributed by atoms with E-state index in [0.717, 1.165) is 73.4 Å². The van der Waals surface area contributed by atoms with Gasteiger partial charge in [-0.3, -0.25) is 0 Å².